The molecule has 2 fully saturated rings. The van der Waals surface area contributed by atoms with E-state index < -0.39 is 0 Å². The third-order valence-electron chi connectivity index (χ3n) is 5.35. The molecule has 0 spiro atoms. The fraction of sp³-hybridized carbons (Fsp3) is 0.889. The molecule has 0 radical (unpaired) electrons. The lowest BCUT2D eigenvalue weighted by Gasteiger charge is -2.42. The fourth-order valence-corrected chi connectivity index (χ4v) is 4.82. The second-order valence-electron chi connectivity index (χ2n) is 6.98. The molecule has 2 heterocycles. The highest BCUT2D eigenvalue weighted by atomic mass is 127. The second kappa shape index (κ2) is 8.45. The van der Waals surface area contributed by atoms with Crippen molar-refractivity contribution >= 4 is 22.6 Å². The number of hydrogen-bond donors (Lipinski definition) is 1. The normalized spacial score (nSPS) is 36.1. The molecule has 4 heteroatoms. The number of halogens is 1. The number of aliphatic hydroxyl groups is 1. The highest BCUT2D eigenvalue weighted by Gasteiger charge is 2.52. The molecule has 0 aromatic heterocycles. The van der Waals surface area contributed by atoms with Gasteiger partial charge in [0.1, 0.15) is 5.60 Å². The minimum absolute atomic E-state index is 0.100. The Morgan fingerprint density at radius 2 is 2.18 bits per heavy atom. The van der Waals surface area contributed by atoms with Crippen molar-refractivity contribution in [1.29, 1.82) is 0 Å². The van der Waals surface area contributed by atoms with Crippen LogP contribution in [0.1, 0.15) is 58.8 Å². The van der Waals surface area contributed by atoms with Gasteiger partial charge in [-0.3, -0.25) is 0 Å². The van der Waals surface area contributed by atoms with Crippen molar-refractivity contribution in [2.24, 2.45) is 5.92 Å². The van der Waals surface area contributed by atoms with Crippen molar-refractivity contribution in [3.05, 3.63) is 12.2 Å². The molecule has 1 N–H and O–H groups in total. The Kier molecular flexibility index (Phi) is 7.18. The van der Waals surface area contributed by atoms with Crippen molar-refractivity contribution in [1.82, 2.24) is 0 Å². The van der Waals surface area contributed by atoms with Gasteiger partial charge < -0.3 is 14.6 Å². The van der Waals surface area contributed by atoms with Crippen LogP contribution in [0.15, 0.2) is 12.2 Å². The van der Waals surface area contributed by atoms with Gasteiger partial charge >= 0.3 is 0 Å². The lowest BCUT2D eigenvalue weighted by Crippen LogP contribution is -2.50. The van der Waals surface area contributed by atoms with Gasteiger partial charge in [0.25, 0.3) is 0 Å². The summed E-state index contributed by atoms with van der Waals surface area (Å²) in [5, 5.41) is 9.03. The summed E-state index contributed by atoms with van der Waals surface area (Å²) in [6, 6.07) is 0. The summed E-state index contributed by atoms with van der Waals surface area (Å²) in [6.07, 6.45) is 7.94. The lowest BCUT2D eigenvalue weighted by molar-refractivity contribution is -0.155. The highest BCUT2D eigenvalue weighted by molar-refractivity contribution is 14.1. The van der Waals surface area contributed by atoms with E-state index in [1.807, 2.05) is 0 Å². The third kappa shape index (κ3) is 4.25. The van der Waals surface area contributed by atoms with Crippen molar-refractivity contribution < 1.29 is 14.6 Å². The van der Waals surface area contributed by atoms with Crippen LogP contribution in [0, 0.1) is 5.92 Å². The first-order valence-corrected chi connectivity index (χ1v) is 10.2. The highest BCUT2D eigenvalue weighted by Crippen LogP contribution is 2.45. The van der Waals surface area contributed by atoms with Crippen LogP contribution in [0.5, 0.6) is 0 Å². The van der Waals surface area contributed by atoms with E-state index in [2.05, 4.69) is 43.0 Å². The average molecular weight is 422 g/mol. The van der Waals surface area contributed by atoms with Crippen molar-refractivity contribution in [3.8, 4) is 0 Å². The van der Waals surface area contributed by atoms with Gasteiger partial charge in [-0.15, -0.1) is 0 Å². The molecule has 0 saturated carbocycles. The smallest absolute Gasteiger partial charge is 0.106 e. The minimum Gasteiger partial charge on any atom is -0.396 e. The van der Waals surface area contributed by atoms with E-state index in [0.717, 1.165) is 49.4 Å². The van der Waals surface area contributed by atoms with E-state index in [9.17, 15) is 0 Å². The van der Waals surface area contributed by atoms with Crippen molar-refractivity contribution in [2.75, 3.05) is 11.0 Å². The third-order valence-corrected chi connectivity index (χ3v) is 6.64. The van der Waals surface area contributed by atoms with E-state index >= 15 is 0 Å². The summed E-state index contributed by atoms with van der Waals surface area (Å²) < 4.78 is 13.8. The van der Waals surface area contributed by atoms with E-state index in [1.54, 1.807) is 0 Å². The van der Waals surface area contributed by atoms with E-state index in [1.165, 1.54) is 5.57 Å². The number of hydrogen-bond acceptors (Lipinski definition) is 3. The van der Waals surface area contributed by atoms with Gasteiger partial charge in [0, 0.05) is 17.5 Å². The average Bonchev–Trinajstić information content (AvgIpc) is 2.90. The summed E-state index contributed by atoms with van der Waals surface area (Å²) in [6.45, 7) is 8.89. The monoisotopic (exact) mass is 422 g/mol. The van der Waals surface area contributed by atoms with Gasteiger partial charge in [0.15, 0.2) is 0 Å². The molecule has 2 rings (SSSR count). The minimum atomic E-state index is -0.100. The summed E-state index contributed by atoms with van der Waals surface area (Å²) in [7, 11) is 0. The Bertz CT molecular complexity index is 373. The van der Waals surface area contributed by atoms with Crippen LogP contribution >= 0.6 is 22.6 Å². The van der Waals surface area contributed by atoms with Crippen molar-refractivity contribution in [2.45, 2.75) is 82.7 Å². The molecule has 2 aliphatic rings. The zero-order chi connectivity index (χ0) is 16.2. The van der Waals surface area contributed by atoms with Gasteiger partial charge in [-0.25, -0.2) is 0 Å². The number of rotatable bonds is 8. The molecule has 0 aromatic rings. The maximum Gasteiger partial charge on any atom is 0.106 e. The molecule has 2 aliphatic heterocycles. The van der Waals surface area contributed by atoms with Crippen molar-refractivity contribution in [3.63, 3.8) is 0 Å². The maximum absolute atomic E-state index is 9.03. The Hall–Kier alpha value is 0.350. The summed E-state index contributed by atoms with van der Waals surface area (Å²) >= 11 is 2.45. The second-order valence-corrected chi connectivity index (χ2v) is 7.74. The predicted octanol–water partition coefficient (Wildman–Crippen LogP) is 4.26. The Labute approximate surface area is 149 Å². The summed E-state index contributed by atoms with van der Waals surface area (Å²) in [5.74, 6) is 0.533. The standard InChI is InChI=1S/C18H31IO3/c1-4-13(2)14(3)10-15-7-8-17-18(12-19,22-15)11-16(21-17)6-5-9-20/h14-17,20H,2,4-12H2,1,3H3/t14-,15-,16+,17+,18-/m1/s1. The molecule has 128 valence electrons. The SMILES string of the molecule is C=C(CC)[C@H](C)C[C@H]1CC[C@@H]2O[C@@H](CCCO)C[C@]2(CI)O1. The Morgan fingerprint density at radius 3 is 2.82 bits per heavy atom. The molecule has 0 bridgehead atoms. The first-order chi connectivity index (χ1) is 10.5. The molecular weight excluding hydrogens is 391 g/mol. The van der Waals surface area contributed by atoms with Crippen LogP contribution in [0.25, 0.3) is 0 Å². The quantitative estimate of drug-likeness (QED) is 0.361. The molecular formula is C18H31IO3. The number of alkyl halides is 1. The molecule has 0 amide bonds. The van der Waals surface area contributed by atoms with Crippen LogP contribution in [0.3, 0.4) is 0 Å². The largest absolute Gasteiger partial charge is 0.396 e. The zero-order valence-corrected chi connectivity index (χ0v) is 16.2. The zero-order valence-electron chi connectivity index (χ0n) is 14.0. The lowest BCUT2D eigenvalue weighted by atomic mass is 9.84. The van der Waals surface area contributed by atoms with Crippen LogP contribution in [0.4, 0.5) is 0 Å². The molecule has 2 saturated heterocycles. The Morgan fingerprint density at radius 1 is 1.41 bits per heavy atom. The number of fused-ring (bicyclic) bond motifs is 1. The van der Waals surface area contributed by atoms with E-state index in [4.69, 9.17) is 14.6 Å². The van der Waals surface area contributed by atoms with Gasteiger partial charge in [0.2, 0.25) is 0 Å². The number of aliphatic hydroxyl groups excluding tert-OH is 1. The molecule has 0 aromatic carbocycles. The fourth-order valence-electron chi connectivity index (χ4n) is 3.84. The number of allylic oxidation sites excluding steroid dienone is 1. The molecule has 3 nitrogen and oxygen atoms in total. The summed E-state index contributed by atoms with van der Waals surface area (Å²) in [5.41, 5.74) is 1.23. The van der Waals surface area contributed by atoms with E-state index in [-0.39, 0.29) is 24.4 Å². The maximum atomic E-state index is 9.03. The Balaban J connectivity index is 1.95. The van der Waals surface area contributed by atoms with Crippen LogP contribution in [0.2, 0.25) is 0 Å². The first kappa shape index (κ1) is 18.7. The molecule has 22 heavy (non-hydrogen) atoms. The van der Waals surface area contributed by atoms with Crippen LogP contribution in [-0.2, 0) is 9.47 Å². The predicted molar refractivity (Wildman–Crippen MR) is 98.5 cm³/mol. The molecule has 0 unspecified atom stereocenters. The van der Waals surface area contributed by atoms with Crippen LogP contribution in [-0.4, -0.2) is 40.1 Å². The number of ether oxygens (including phenoxy) is 2. The van der Waals surface area contributed by atoms with Crippen LogP contribution < -0.4 is 0 Å². The first-order valence-electron chi connectivity index (χ1n) is 8.72. The molecule has 0 aliphatic carbocycles. The summed E-state index contributed by atoms with van der Waals surface area (Å²) in [4.78, 5) is 0. The molecule has 5 atom stereocenters. The topological polar surface area (TPSA) is 38.7 Å². The van der Waals surface area contributed by atoms with Gasteiger partial charge in [-0.1, -0.05) is 48.6 Å². The van der Waals surface area contributed by atoms with E-state index in [0.29, 0.717) is 12.0 Å². The van der Waals surface area contributed by atoms with Gasteiger partial charge in [-0.05, 0) is 44.4 Å². The van der Waals surface area contributed by atoms with Gasteiger partial charge in [0.05, 0.1) is 18.3 Å². The van der Waals surface area contributed by atoms with Gasteiger partial charge in [-0.2, -0.15) is 0 Å².